The molecule has 0 amide bonds. The fraction of sp³-hybridized carbons (Fsp3) is 0.500. The number of esters is 1. The molecule has 0 saturated heterocycles. The smallest absolute Gasteiger partial charge is 0.305 e. The molecule has 17 heavy (non-hydrogen) atoms. The monoisotopic (exact) mass is 233 g/mol. The average molecular weight is 233 g/mol. The Morgan fingerprint density at radius 2 is 2.24 bits per heavy atom. The number of methoxy groups -OCH3 is 1. The van der Waals surface area contributed by atoms with Crippen molar-refractivity contribution in [2.75, 3.05) is 7.11 Å². The van der Waals surface area contributed by atoms with Crippen molar-refractivity contribution in [3.63, 3.8) is 0 Å². The molecule has 3 nitrogen and oxygen atoms in total. The summed E-state index contributed by atoms with van der Waals surface area (Å²) in [5.74, 6) is 0.265. The van der Waals surface area contributed by atoms with E-state index in [4.69, 9.17) is 5.73 Å². The Morgan fingerprint density at radius 3 is 3.00 bits per heavy atom. The highest BCUT2D eigenvalue weighted by Crippen LogP contribution is 2.35. The first-order valence-corrected chi connectivity index (χ1v) is 6.12. The van der Waals surface area contributed by atoms with Crippen LogP contribution in [0.3, 0.4) is 0 Å². The Labute approximate surface area is 102 Å². The van der Waals surface area contributed by atoms with Gasteiger partial charge in [-0.15, -0.1) is 0 Å². The number of fused-ring (bicyclic) bond motifs is 1. The van der Waals surface area contributed by atoms with E-state index < -0.39 is 0 Å². The third kappa shape index (κ3) is 2.67. The van der Waals surface area contributed by atoms with E-state index in [1.165, 1.54) is 18.2 Å². The van der Waals surface area contributed by atoms with Gasteiger partial charge in [0.2, 0.25) is 0 Å². The molecular weight excluding hydrogens is 214 g/mol. The molecule has 0 fully saturated rings. The zero-order chi connectivity index (χ0) is 12.3. The van der Waals surface area contributed by atoms with E-state index in [9.17, 15) is 4.79 Å². The minimum atomic E-state index is -0.134. The van der Waals surface area contributed by atoms with Crippen molar-refractivity contribution >= 4 is 5.97 Å². The van der Waals surface area contributed by atoms with Crippen LogP contribution in [0.25, 0.3) is 0 Å². The molecule has 1 aromatic carbocycles. The van der Waals surface area contributed by atoms with Gasteiger partial charge in [0, 0.05) is 12.5 Å². The molecule has 3 heteroatoms. The van der Waals surface area contributed by atoms with Crippen LogP contribution in [0.15, 0.2) is 24.3 Å². The van der Waals surface area contributed by atoms with Crippen molar-refractivity contribution in [2.45, 2.75) is 37.6 Å². The van der Waals surface area contributed by atoms with Gasteiger partial charge in [-0.3, -0.25) is 4.79 Å². The van der Waals surface area contributed by atoms with Gasteiger partial charge in [-0.2, -0.15) is 0 Å². The first-order chi connectivity index (χ1) is 8.22. The normalized spacial score (nSPS) is 22.2. The van der Waals surface area contributed by atoms with Gasteiger partial charge in [0.15, 0.2) is 0 Å². The summed E-state index contributed by atoms with van der Waals surface area (Å²) in [6.45, 7) is 0. The van der Waals surface area contributed by atoms with Gasteiger partial charge >= 0.3 is 5.97 Å². The number of ether oxygens (including phenoxy) is 1. The molecule has 2 atom stereocenters. The largest absolute Gasteiger partial charge is 0.469 e. The summed E-state index contributed by atoms with van der Waals surface area (Å²) >= 11 is 0. The van der Waals surface area contributed by atoms with Gasteiger partial charge in [0.05, 0.1) is 7.11 Å². The first-order valence-electron chi connectivity index (χ1n) is 6.12. The van der Waals surface area contributed by atoms with E-state index >= 15 is 0 Å². The zero-order valence-corrected chi connectivity index (χ0v) is 10.2. The number of carbonyl (C=O) groups is 1. The molecule has 1 aromatic rings. The van der Waals surface area contributed by atoms with E-state index in [-0.39, 0.29) is 12.0 Å². The Balaban J connectivity index is 1.95. The Kier molecular flexibility index (Phi) is 3.79. The van der Waals surface area contributed by atoms with Crippen molar-refractivity contribution < 1.29 is 9.53 Å². The van der Waals surface area contributed by atoms with Crippen LogP contribution in [0.1, 0.15) is 36.3 Å². The average Bonchev–Trinajstić information content (AvgIpc) is 2.66. The van der Waals surface area contributed by atoms with Crippen LogP contribution in [-0.4, -0.2) is 19.1 Å². The highest BCUT2D eigenvalue weighted by atomic mass is 16.5. The molecule has 0 aliphatic heterocycles. The second-order valence-electron chi connectivity index (χ2n) is 4.64. The van der Waals surface area contributed by atoms with Gasteiger partial charge < -0.3 is 10.5 Å². The number of nitrogens with two attached hydrogens (primary N) is 1. The molecule has 1 unspecified atom stereocenters. The summed E-state index contributed by atoms with van der Waals surface area (Å²) in [4.78, 5) is 11.1. The summed E-state index contributed by atoms with van der Waals surface area (Å²) in [6, 6.07) is 8.62. The van der Waals surface area contributed by atoms with Crippen molar-refractivity contribution in [1.29, 1.82) is 0 Å². The highest BCUT2D eigenvalue weighted by Gasteiger charge is 2.28. The number of hydrogen-bond donors (Lipinski definition) is 1. The van der Waals surface area contributed by atoms with Gasteiger partial charge in [0.25, 0.3) is 0 Å². The molecule has 0 bridgehead atoms. The van der Waals surface area contributed by atoms with Crippen molar-refractivity contribution in [3.05, 3.63) is 35.4 Å². The fourth-order valence-corrected chi connectivity index (χ4v) is 2.65. The summed E-state index contributed by atoms with van der Waals surface area (Å²) in [5, 5.41) is 0. The maximum absolute atomic E-state index is 11.1. The lowest BCUT2D eigenvalue weighted by Gasteiger charge is -2.16. The van der Waals surface area contributed by atoms with Crippen LogP contribution in [0.5, 0.6) is 0 Å². The summed E-state index contributed by atoms with van der Waals surface area (Å²) < 4.78 is 4.64. The molecule has 2 rings (SSSR count). The lowest BCUT2D eigenvalue weighted by molar-refractivity contribution is -0.140. The number of benzene rings is 1. The molecule has 1 aliphatic carbocycles. The third-order valence-electron chi connectivity index (χ3n) is 3.55. The fourth-order valence-electron chi connectivity index (χ4n) is 2.65. The van der Waals surface area contributed by atoms with Crippen LogP contribution in [0, 0.1) is 0 Å². The highest BCUT2D eigenvalue weighted by molar-refractivity contribution is 5.69. The number of hydrogen-bond acceptors (Lipinski definition) is 3. The Morgan fingerprint density at radius 1 is 1.47 bits per heavy atom. The van der Waals surface area contributed by atoms with E-state index in [1.807, 2.05) is 0 Å². The predicted octanol–water partition coefficient (Wildman–Crippen LogP) is 2.00. The van der Waals surface area contributed by atoms with E-state index in [0.29, 0.717) is 12.3 Å². The topological polar surface area (TPSA) is 52.3 Å². The maximum atomic E-state index is 11.1. The molecule has 0 saturated carbocycles. The molecule has 0 radical (unpaired) electrons. The lowest BCUT2D eigenvalue weighted by Crippen LogP contribution is -2.25. The van der Waals surface area contributed by atoms with Crippen LogP contribution < -0.4 is 5.73 Å². The van der Waals surface area contributed by atoms with Crippen LogP contribution in [0.2, 0.25) is 0 Å². The summed E-state index contributed by atoms with van der Waals surface area (Å²) in [5.41, 5.74) is 8.89. The number of carbonyl (C=O) groups excluding carboxylic acids is 1. The van der Waals surface area contributed by atoms with E-state index in [1.54, 1.807) is 0 Å². The molecule has 0 spiro atoms. The Hall–Kier alpha value is -1.35. The van der Waals surface area contributed by atoms with Crippen molar-refractivity contribution in [2.24, 2.45) is 5.73 Å². The maximum Gasteiger partial charge on any atom is 0.305 e. The molecule has 92 valence electrons. The van der Waals surface area contributed by atoms with Crippen molar-refractivity contribution in [3.8, 4) is 0 Å². The van der Waals surface area contributed by atoms with Crippen LogP contribution in [-0.2, 0) is 16.0 Å². The van der Waals surface area contributed by atoms with Crippen LogP contribution >= 0.6 is 0 Å². The number of rotatable bonds is 4. The zero-order valence-electron chi connectivity index (χ0n) is 10.2. The van der Waals surface area contributed by atoms with E-state index in [2.05, 4.69) is 29.0 Å². The van der Waals surface area contributed by atoms with Crippen molar-refractivity contribution in [1.82, 2.24) is 0 Å². The van der Waals surface area contributed by atoms with Gasteiger partial charge in [-0.1, -0.05) is 24.3 Å². The second kappa shape index (κ2) is 5.32. The predicted molar refractivity (Wildman–Crippen MR) is 66.7 cm³/mol. The molecule has 1 aliphatic rings. The SMILES string of the molecule is COC(=O)CCC[C@@H]1c2ccccc2CC1N. The third-order valence-corrected chi connectivity index (χ3v) is 3.55. The van der Waals surface area contributed by atoms with E-state index in [0.717, 1.165) is 19.3 Å². The molecule has 0 aromatic heterocycles. The molecule has 0 heterocycles. The molecule has 2 N–H and O–H groups in total. The van der Waals surface area contributed by atoms with Gasteiger partial charge in [-0.05, 0) is 36.3 Å². The standard InChI is InChI=1S/C14H19NO2/c1-17-14(16)8-4-7-12-11-6-3-2-5-10(11)9-13(12)15/h2-3,5-6,12-13H,4,7-9,15H2,1H3/t12-,13?/m1/s1. The Bertz CT molecular complexity index is 403. The first kappa shape index (κ1) is 12.1. The quantitative estimate of drug-likeness (QED) is 0.809. The van der Waals surface area contributed by atoms with Gasteiger partial charge in [-0.25, -0.2) is 0 Å². The minimum absolute atomic E-state index is 0.134. The summed E-state index contributed by atoms with van der Waals surface area (Å²) in [7, 11) is 1.43. The summed E-state index contributed by atoms with van der Waals surface area (Å²) in [6.07, 6.45) is 3.26. The second-order valence-corrected chi connectivity index (χ2v) is 4.64. The van der Waals surface area contributed by atoms with Crippen LogP contribution in [0.4, 0.5) is 0 Å². The minimum Gasteiger partial charge on any atom is -0.469 e. The van der Waals surface area contributed by atoms with Gasteiger partial charge in [0.1, 0.15) is 0 Å². The molecular formula is C14H19NO2. The lowest BCUT2D eigenvalue weighted by atomic mass is 9.93.